The van der Waals surface area contributed by atoms with E-state index in [1.807, 2.05) is 0 Å². The van der Waals surface area contributed by atoms with Crippen molar-refractivity contribution in [3.05, 3.63) is 275 Å². The zero-order valence-electron chi connectivity index (χ0n) is 32.3. The van der Waals surface area contributed by atoms with Crippen LogP contribution < -0.4 is 4.74 Å². The molecule has 0 unspecified atom stereocenters. The molecule has 0 N–H and O–H groups in total. The molecule has 0 radical (unpaired) electrons. The molecule has 0 aromatic heterocycles. The van der Waals surface area contributed by atoms with Gasteiger partial charge in [0.2, 0.25) is 0 Å². The highest BCUT2D eigenvalue weighted by molar-refractivity contribution is 5.98. The van der Waals surface area contributed by atoms with Crippen LogP contribution in [-0.4, -0.2) is 0 Å². The summed E-state index contributed by atoms with van der Waals surface area (Å²) in [7, 11) is 0. The fourth-order valence-corrected chi connectivity index (χ4v) is 10.7. The predicted molar refractivity (Wildman–Crippen MR) is 243 cm³/mol. The van der Waals surface area contributed by atoms with Gasteiger partial charge in [0, 0.05) is 11.1 Å². The smallest absolute Gasteiger partial charge is 0.132 e. The lowest BCUT2D eigenvalue weighted by molar-refractivity contribution is 0.439. The van der Waals surface area contributed by atoms with Gasteiger partial charge < -0.3 is 4.74 Å². The first-order chi connectivity index (χ1) is 29.3. The first kappa shape index (κ1) is 33.6. The summed E-state index contributed by atoms with van der Waals surface area (Å²) in [5, 5.41) is 4.76. The molecule has 59 heavy (non-hydrogen) atoms. The lowest BCUT2D eigenvalue weighted by atomic mass is 9.61. The van der Waals surface area contributed by atoms with Crippen molar-refractivity contribution in [2.75, 3.05) is 0 Å². The second kappa shape index (κ2) is 13.0. The van der Waals surface area contributed by atoms with Gasteiger partial charge in [0.15, 0.2) is 0 Å². The predicted octanol–water partition coefficient (Wildman–Crippen LogP) is 14.5. The SMILES string of the molecule is c1ccc(C2(c3ccccc3)c3ccccc3-c3ccc(-c4ccc(C5(c6ccccc6)c6c(ccc7ccccc67)Oc6ccc7ccccc7c65)cc4)cc32)cc1. The van der Waals surface area contributed by atoms with E-state index in [1.54, 1.807) is 0 Å². The normalized spacial score (nSPS) is 14.2. The molecule has 1 aliphatic heterocycles. The largest absolute Gasteiger partial charge is 0.457 e. The molecule has 0 bridgehead atoms. The van der Waals surface area contributed by atoms with Crippen molar-refractivity contribution in [2.24, 2.45) is 0 Å². The molecule has 0 spiro atoms. The number of benzene rings is 10. The fraction of sp³-hybridized carbons (Fsp3) is 0.0345. The van der Waals surface area contributed by atoms with Crippen molar-refractivity contribution >= 4 is 21.5 Å². The Bertz CT molecular complexity index is 3090. The van der Waals surface area contributed by atoms with E-state index in [-0.39, 0.29) is 0 Å². The minimum absolute atomic E-state index is 0.459. The van der Waals surface area contributed by atoms with E-state index < -0.39 is 10.8 Å². The van der Waals surface area contributed by atoms with Gasteiger partial charge in [-0.25, -0.2) is 0 Å². The summed E-state index contributed by atoms with van der Waals surface area (Å²) in [6.45, 7) is 0. The van der Waals surface area contributed by atoms with Crippen LogP contribution in [0.5, 0.6) is 11.5 Å². The molecular weight excluding hydrogens is 713 g/mol. The topological polar surface area (TPSA) is 9.23 Å². The van der Waals surface area contributed by atoms with Gasteiger partial charge in [-0.2, -0.15) is 0 Å². The molecule has 10 aromatic rings. The van der Waals surface area contributed by atoms with Crippen molar-refractivity contribution in [2.45, 2.75) is 10.8 Å². The molecule has 12 rings (SSSR count). The first-order valence-corrected chi connectivity index (χ1v) is 20.5. The van der Waals surface area contributed by atoms with E-state index in [9.17, 15) is 0 Å². The molecule has 1 aliphatic carbocycles. The molecule has 0 saturated heterocycles. The maximum atomic E-state index is 6.95. The highest BCUT2D eigenvalue weighted by Crippen LogP contribution is 2.60. The Labute approximate surface area is 344 Å². The van der Waals surface area contributed by atoms with Crippen LogP contribution in [-0.2, 0) is 10.8 Å². The summed E-state index contributed by atoms with van der Waals surface area (Å²) in [4.78, 5) is 0. The van der Waals surface area contributed by atoms with Crippen molar-refractivity contribution in [1.29, 1.82) is 0 Å². The van der Waals surface area contributed by atoms with Gasteiger partial charge in [0.25, 0.3) is 0 Å². The average Bonchev–Trinajstić information content (AvgIpc) is 3.62. The molecule has 2 aliphatic rings. The van der Waals surface area contributed by atoms with Crippen LogP contribution in [0.3, 0.4) is 0 Å². The van der Waals surface area contributed by atoms with Crippen LogP contribution in [0.2, 0.25) is 0 Å². The van der Waals surface area contributed by atoms with Crippen LogP contribution in [0.1, 0.15) is 44.5 Å². The van der Waals surface area contributed by atoms with Gasteiger partial charge >= 0.3 is 0 Å². The van der Waals surface area contributed by atoms with Crippen LogP contribution >= 0.6 is 0 Å². The van der Waals surface area contributed by atoms with E-state index in [0.29, 0.717) is 0 Å². The summed E-state index contributed by atoms with van der Waals surface area (Å²) in [5.41, 5.74) is 13.7. The van der Waals surface area contributed by atoms with E-state index >= 15 is 0 Å². The Hall–Kier alpha value is -7.48. The maximum absolute atomic E-state index is 6.95. The van der Waals surface area contributed by atoms with Gasteiger partial charge in [-0.3, -0.25) is 0 Å². The molecule has 10 aromatic carbocycles. The highest BCUT2D eigenvalue weighted by atomic mass is 16.5. The van der Waals surface area contributed by atoms with Crippen LogP contribution in [0.15, 0.2) is 231 Å². The molecular formula is C58H38O. The Morgan fingerprint density at radius 2 is 0.729 bits per heavy atom. The molecule has 276 valence electrons. The monoisotopic (exact) mass is 750 g/mol. The number of fused-ring (bicyclic) bond motifs is 9. The zero-order chi connectivity index (χ0) is 39.0. The summed E-state index contributed by atoms with van der Waals surface area (Å²) in [6.07, 6.45) is 0. The Morgan fingerprint density at radius 3 is 1.31 bits per heavy atom. The highest BCUT2D eigenvalue weighted by Gasteiger charge is 2.48. The Kier molecular flexibility index (Phi) is 7.43. The van der Waals surface area contributed by atoms with E-state index in [4.69, 9.17) is 4.74 Å². The molecule has 1 heteroatoms. The van der Waals surface area contributed by atoms with Gasteiger partial charge in [-0.15, -0.1) is 0 Å². The molecule has 0 amide bonds. The lowest BCUT2D eigenvalue weighted by Gasteiger charge is -2.43. The first-order valence-electron chi connectivity index (χ1n) is 20.5. The Morgan fingerprint density at radius 1 is 0.288 bits per heavy atom. The standard InChI is InChI=1S/C58H38O/c1-4-18-43(19-5-1)57(44-20-6-2-7-21-44)51-27-15-14-26-49(51)50-35-30-42(38-52(50)57)39-28-33-46(34-29-39)58(45-22-8-3-9-23-45)55-47-24-12-10-16-40(47)31-36-53(55)59-54-37-32-41-17-11-13-25-48(41)56(54)58/h1-38H. The third kappa shape index (κ3) is 4.73. The summed E-state index contributed by atoms with van der Waals surface area (Å²) < 4.78 is 6.95. The Balaban J connectivity index is 1.11. The number of hydrogen-bond acceptors (Lipinski definition) is 1. The molecule has 1 nitrogen and oxygen atoms in total. The summed E-state index contributed by atoms with van der Waals surface area (Å²) in [5.74, 6) is 1.77. The van der Waals surface area contributed by atoms with Gasteiger partial charge in [-0.1, -0.05) is 212 Å². The third-order valence-electron chi connectivity index (χ3n) is 13.1. The number of rotatable bonds is 5. The maximum Gasteiger partial charge on any atom is 0.132 e. The van der Waals surface area contributed by atoms with E-state index in [2.05, 4.69) is 231 Å². The molecule has 0 atom stereocenters. The summed E-state index contributed by atoms with van der Waals surface area (Å²) >= 11 is 0. The summed E-state index contributed by atoms with van der Waals surface area (Å²) in [6, 6.07) is 84.8. The quantitative estimate of drug-likeness (QED) is 0.170. The fourth-order valence-electron chi connectivity index (χ4n) is 10.7. The minimum Gasteiger partial charge on any atom is -0.457 e. The van der Waals surface area contributed by atoms with Gasteiger partial charge in [-0.05, 0) is 95.4 Å². The van der Waals surface area contributed by atoms with Crippen LogP contribution in [0.4, 0.5) is 0 Å². The molecule has 0 fully saturated rings. The number of hydrogen-bond donors (Lipinski definition) is 0. The zero-order valence-corrected chi connectivity index (χ0v) is 32.3. The van der Waals surface area contributed by atoms with Gasteiger partial charge in [0.1, 0.15) is 11.5 Å². The number of ether oxygens (including phenoxy) is 1. The minimum atomic E-state index is -0.681. The van der Waals surface area contributed by atoms with Crippen LogP contribution in [0, 0.1) is 0 Å². The van der Waals surface area contributed by atoms with Crippen molar-refractivity contribution in [1.82, 2.24) is 0 Å². The molecule has 0 saturated carbocycles. The van der Waals surface area contributed by atoms with Gasteiger partial charge in [0.05, 0.1) is 10.8 Å². The van der Waals surface area contributed by atoms with Crippen molar-refractivity contribution < 1.29 is 4.74 Å². The molecule has 1 heterocycles. The van der Waals surface area contributed by atoms with E-state index in [1.165, 1.54) is 88.3 Å². The van der Waals surface area contributed by atoms with E-state index in [0.717, 1.165) is 11.5 Å². The average molecular weight is 751 g/mol. The van der Waals surface area contributed by atoms with Crippen molar-refractivity contribution in [3.8, 4) is 33.8 Å². The van der Waals surface area contributed by atoms with Crippen molar-refractivity contribution in [3.63, 3.8) is 0 Å². The second-order valence-electron chi connectivity index (χ2n) is 15.9. The third-order valence-corrected chi connectivity index (χ3v) is 13.1. The second-order valence-corrected chi connectivity index (χ2v) is 15.9. The van der Waals surface area contributed by atoms with Crippen LogP contribution in [0.25, 0.3) is 43.8 Å². The lowest BCUT2D eigenvalue weighted by Crippen LogP contribution is -2.34.